The van der Waals surface area contributed by atoms with Gasteiger partial charge in [0, 0.05) is 5.02 Å². The van der Waals surface area contributed by atoms with Gasteiger partial charge in [-0.3, -0.25) is 0 Å². The first-order valence-corrected chi connectivity index (χ1v) is 6.27. The molecule has 82 valence electrons. The van der Waals surface area contributed by atoms with Crippen LogP contribution in [0.25, 0.3) is 0 Å². The molecule has 0 aliphatic heterocycles. The minimum atomic E-state index is 0.327. The molecule has 1 aromatic rings. The molecule has 0 nitrogen and oxygen atoms in total. The molecule has 0 saturated carbocycles. The number of hydrogen-bond acceptors (Lipinski definition) is 0. The van der Waals surface area contributed by atoms with Gasteiger partial charge in [-0.25, -0.2) is 0 Å². The second-order valence-electron chi connectivity index (χ2n) is 4.94. The van der Waals surface area contributed by atoms with Gasteiger partial charge in [-0.1, -0.05) is 44.5 Å². The van der Waals surface area contributed by atoms with Crippen molar-refractivity contribution in [2.24, 2.45) is 5.92 Å². The predicted octanol–water partition coefficient (Wildman–Crippen LogP) is 4.59. The summed E-state index contributed by atoms with van der Waals surface area (Å²) in [6, 6.07) is 6.35. The molecule has 1 heteroatoms. The second-order valence-corrected chi connectivity index (χ2v) is 5.35. The Hall–Kier alpha value is -0.490. The van der Waals surface area contributed by atoms with E-state index in [1.165, 1.54) is 30.4 Å². The van der Waals surface area contributed by atoms with Crippen molar-refractivity contribution in [3.63, 3.8) is 0 Å². The lowest BCUT2D eigenvalue weighted by molar-refractivity contribution is 0.294. The first kappa shape index (κ1) is 11.0. The van der Waals surface area contributed by atoms with Gasteiger partial charge < -0.3 is 0 Å². The summed E-state index contributed by atoms with van der Waals surface area (Å²) in [5.41, 5.74) is 3.23. The monoisotopic (exact) mass is 222 g/mol. The molecule has 2 rings (SSSR count). The van der Waals surface area contributed by atoms with E-state index in [9.17, 15) is 0 Å². The predicted molar refractivity (Wildman–Crippen MR) is 66.6 cm³/mol. The SMILES string of the molecule is CCC1(C(C)C)CCc2cccc(Cl)c21. The lowest BCUT2D eigenvalue weighted by Crippen LogP contribution is -2.29. The van der Waals surface area contributed by atoms with Gasteiger partial charge in [0.1, 0.15) is 0 Å². The molecule has 1 aromatic carbocycles. The Balaban J connectivity index is 2.59. The van der Waals surface area contributed by atoms with E-state index in [0.717, 1.165) is 5.02 Å². The van der Waals surface area contributed by atoms with Gasteiger partial charge in [0.25, 0.3) is 0 Å². The Bertz CT molecular complexity index is 368. The average Bonchev–Trinajstić information content (AvgIpc) is 2.59. The van der Waals surface area contributed by atoms with Crippen molar-refractivity contribution in [1.82, 2.24) is 0 Å². The largest absolute Gasteiger partial charge is 0.0840 e. The molecule has 0 heterocycles. The molecular weight excluding hydrogens is 204 g/mol. The van der Waals surface area contributed by atoms with E-state index in [0.29, 0.717) is 11.3 Å². The van der Waals surface area contributed by atoms with E-state index in [1.807, 2.05) is 6.07 Å². The third kappa shape index (κ3) is 1.50. The molecule has 1 atom stereocenters. The smallest absolute Gasteiger partial charge is 0.0446 e. The molecule has 0 N–H and O–H groups in total. The van der Waals surface area contributed by atoms with Crippen LogP contribution in [-0.4, -0.2) is 0 Å². The molecule has 0 saturated heterocycles. The Morgan fingerprint density at radius 2 is 2.13 bits per heavy atom. The van der Waals surface area contributed by atoms with Crippen molar-refractivity contribution in [2.45, 2.75) is 45.4 Å². The fourth-order valence-corrected chi connectivity index (χ4v) is 3.54. The van der Waals surface area contributed by atoms with Gasteiger partial charge in [0.05, 0.1) is 0 Å². The van der Waals surface area contributed by atoms with Crippen LogP contribution in [-0.2, 0) is 11.8 Å². The molecule has 0 amide bonds. The Morgan fingerprint density at radius 1 is 1.40 bits per heavy atom. The lowest BCUT2D eigenvalue weighted by atomic mass is 9.71. The van der Waals surface area contributed by atoms with Gasteiger partial charge in [0.2, 0.25) is 0 Å². The summed E-state index contributed by atoms with van der Waals surface area (Å²) in [6.45, 7) is 6.93. The zero-order chi connectivity index (χ0) is 11.1. The van der Waals surface area contributed by atoms with Crippen LogP contribution in [0.4, 0.5) is 0 Å². The molecule has 0 fully saturated rings. The number of hydrogen-bond donors (Lipinski definition) is 0. The topological polar surface area (TPSA) is 0 Å². The maximum Gasteiger partial charge on any atom is 0.0446 e. The second kappa shape index (κ2) is 3.83. The first-order chi connectivity index (χ1) is 7.12. The number of fused-ring (bicyclic) bond motifs is 1. The molecule has 0 radical (unpaired) electrons. The average molecular weight is 223 g/mol. The van der Waals surface area contributed by atoms with Crippen molar-refractivity contribution in [2.75, 3.05) is 0 Å². The lowest BCUT2D eigenvalue weighted by Gasteiger charge is -2.34. The molecule has 15 heavy (non-hydrogen) atoms. The van der Waals surface area contributed by atoms with Crippen LogP contribution in [0.15, 0.2) is 18.2 Å². The molecule has 1 unspecified atom stereocenters. The van der Waals surface area contributed by atoms with Crippen LogP contribution in [0.1, 0.15) is 44.7 Å². The zero-order valence-corrected chi connectivity index (χ0v) is 10.6. The van der Waals surface area contributed by atoms with Crippen molar-refractivity contribution >= 4 is 11.6 Å². The fourth-order valence-electron chi connectivity index (χ4n) is 3.16. The Morgan fingerprint density at radius 3 is 2.73 bits per heavy atom. The van der Waals surface area contributed by atoms with Crippen LogP contribution in [0.5, 0.6) is 0 Å². The van der Waals surface area contributed by atoms with E-state index >= 15 is 0 Å². The van der Waals surface area contributed by atoms with E-state index in [-0.39, 0.29) is 0 Å². The molecule has 1 aliphatic carbocycles. The minimum absolute atomic E-state index is 0.327. The summed E-state index contributed by atoms with van der Waals surface area (Å²) in [5.74, 6) is 0.670. The van der Waals surface area contributed by atoms with E-state index in [4.69, 9.17) is 11.6 Å². The zero-order valence-electron chi connectivity index (χ0n) is 9.81. The van der Waals surface area contributed by atoms with Gasteiger partial charge in [-0.15, -0.1) is 0 Å². The van der Waals surface area contributed by atoms with Gasteiger partial charge in [-0.2, -0.15) is 0 Å². The number of halogens is 1. The van der Waals surface area contributed by atoms with Crippen molar-refractivity contribution in [3.8, 4) is 0 Å². The van der Waals surface area contributed by atoms with Crippen LogP contribution in [0.3, 0.4) is 0 Å². The van der Waals surface area contributed by atoms with Crippen molar-refractivity contribution in [1.29, 1.82) is 0 Å². The summed E-state index contributed by atoms with van der Waals surface area (Å²) < 4.78 is 0. The van der Waals surface area contributed by atoms with Gasteiger partial charge in [0.15, 0.2) is 0 Å². The fraction of sp³-hybridized carbons (Fsp3) is 0.571. The maximum absolute atomic E-state index is 6.38. The van der Waals surface area contributed by atoms with Crippen LogP contribution in [0.2, 0.25) is 5.02 Å². The Labute approximate surface area is 97.6 Å². The normalized spacial score (nSPS) is 24.6. The van der Waals surface area contributed by atoms with E-state index in [2.05, 4.69) is 32.9 Å². The Kier molecular flexibility index (Phi) is 2.81. The van der Waals surface area contributed by atoms with Crippen molar-refractivity contribution in [3.05, 3.63) is 34.3 Å². The summed E-state index contributed by atoms with van der Waals surface area (Å²) in [5, 5.41) is 0.973. The number of rotatable bonds is 2. The summed E-state index contributed by atoms with van der Waals surface area (Å²) in [4.78, 5) is 0. The molecule has 1 aliphatic rings. The maximum atomic E-state index is 6.38. The third-order valence-electron chi connectivity index (χ3n) is 4.17. The standard InChI is InChI=1S/C14H19Cl/c1-4-14(10(2)3)9-8-11-6-5-7-12(15)13(11)14/h5-7,10H,4,8-9H2,1-3H3. The summed E-state index contributed by atoms with van der Waals surface area (Å²) in [6.07, 6.45) is 3.66. The summed E-state index contributed by atoms with van der Waals surface area (Å²) in [7, 11) is 0. The highest BCUT2D eigenvalue weighted by atomic mass is 35.5. The van der Waals surface area contributed by atoms with Gasteiger partial charge in [-0.05, 0) is 47.8 Å². The molecule has 0 bridgehead atoms. The molecule has 0 aromatic heterocycles. The van der Waals surface area contributed by atoms with Crippen molar-refractivity contribution < 1.29 is 0 Å². The minimum Gasteiger partial charge on any atom is -0.0840 e. The third-order valence-corrected chi connectivity index (χ3v) is 4.49. The summed E-state index contributed by atoms with van der Waals surface area (Å²) >= 11 is 6.38. The highest BCUT2D eigenvalue weighted by molar-refractivity contribution is 6.31. The van der Waals surface area contributed by atoms with E-state index in [1.54, 1.807) is 0 Å². The van der Waals surface area contributed by atoms with Gasteiger partial charge >= 0.3 is 0 Å². The quantitative estimate of drug-likeness (QED) is 0.687. The number of benzene rings is 1. The van der Waals surface area contributed by atoms with E-state index < -0.39 is 0 Å². The molecule has 0 spiro atoms. The first-order valence-electron chi connectivity index (χ1n) is 5.89. The van der Waals surface area contributed by atoms with Crippen LogP contribution in [0, 0.1) is 5.92 Å². The van der Waals surface area contributed by atoms with Crippen LogP contribution < -0.4 is 0 Å². The van der Waals surface area contributed by atoms with Crippen LogP contribution >= 0.6 is 11.6 Å². The molecular formula is C14H19Cl. The highest BCUT2D eigenvalue weighted by Gasteiger charge is 2.40. The number of aryl methyl sites for hydroxylation is 1. The highest BCUT2D eigenvalue weighted by Crippen LogP contribution is 2.49.